The van der Waals surface area contributed by atoms with Crippen LogP contribution in [0.15, 0.2) is 31.4 Å². The Morgan fingerprint density at radius 3 is 2.80 bits per heavy atom. The third-order valence-electron chi connectivity index (χ3n) is 2.36. The van der Waals surface area contributed by atoms with E-state index in [0.29, 0.717) is 5.56 Å². The van der Waals surface area contributed by atoms with E-state index < -0.39 is 0 Å². The van der Waals surface area contributed by atoms with E-state index in [0.717, 1.165) is 24.5 Å². The highest BCUT2D eigenvalue weighted by Gasteiger charge is 2.09. The zero-order chi connectivity index (χ0) is 14.5. The number of carbonyl (C=O) groups is 1. The number of nitrogens with two attached hydrogens (primary N) is 1. The summed E-state index contributed by atoms with van der Waals surface area (Å²) in [5.41, 5.74) is 3.72. The predicted octanol–water partition coefficient (Wildman–Crippen LogP) is 2.92. The first-order chi connectivity index (χ1) is 9.63. The number of aromatic nitrogens is 2. The molecule has 0 unspecified atom stereocenters. The van der Waals surface area contributed by atoms with Crippen molar-refractivity contribution in [1.29, 1.82) is 0 Å². The van der Waals surface area contributed by atoms with Gasteiger partial charge >= 0.3 is 0 Å². The first-order valence-corrected chi connectivity index (χ1v) is 9.25. The Balaban J connectivity index is 2.04. The van der Waals surface area contributed by atoms with Crippen LogP contribution in [0.4, 0.5) is 0 Å². The standard InChI is InChI=1S/C11H11BrN4OS3/c1-18-10-15-16-11(20-10)19-5-7-3-2-6(4-8(7)12)9(17)14-13/h2-4H,5,13H2,1H3,(H,14,17). The molecule has 1 aromatic carbocycles. The summed E-state index contributed by atoms with van der Waals surface area (Å²) in [5, 5.41) is 8.16. The minimum atomic E-state index is -0.307. The topological polar surface area (TPSA) is 80.9 Å². The largest absolute Gasteiger partial charge is 0.290 e. The fourth-order valence-electron chi connectivity index (χ4n) is 1.37. The molecule has 5 nitrogen and oxygen atoms in total. The Bertz CT molecular complexity index is 619. The van der Waals surface area contributed by atoms with Gasteiger partial charge in [0.05, 0.1) is 0 Å². The number of carbonyl (C=O) groups excluding carboxylic acids is 1. The smallest absolute Gasteiger partial charge is 0.265 e. The number of nitrogen functional groups attached to an aromatic ring is 1. The van der Waals surface area contributed by atoms with Crippen LogP contribution < -0.4 is 11.3 Å². The maximum Gasteiger partial charge on any atom is 0.265 e. The summed E-state index contributed by atoms with van der Waals surface area (Å²) in [4.78, 5) is 11.4. The van der Waals surface area contributed by atoms with Gasteiger partial charge in [-0.1, -0.05) is 56.9 Å². The highest BCUT2D eigenvalue weighted by molar-refractivity contribution is 9.10. The van der Waals surface area contributed by atoms with Gasteiger partial charge in [-0.3, -0.25) is 10.2 Å². The molecule has 1 amide bonds. The van der Waals surface area contributed by atoms with Crippen LogP contribution in [0, 0.1) is 0 Å². The normalized spacial score (nSPS) is 10.6. The highest BCUT2D eigenvalue weighted by Crippen LogP contribution is 2.31. The van der Waals surface area contributed by atoms with Crippen molar-refractivity contribution >= 4 is 56.7 Å². The van der Waals surface area contributed by atoms with Gasteiger partial charge in [0, 0.05) is 15.8 Å². The summed E-state index contributed by atoms with van der Waals surface area (Å²) in [6.07, 6.45) is 1.98. The van der Waals surface area contributed by atoms with E-state index in [1.165, 1.54) is 0 Å². The van der Waals surface area contributed by atoms with Gasteiger partial charge < -0.3 is 0 Å². The number of halogens is 1. The Hall–Kier alpha value is -0.610. The van der Waals surface area contributed by atoms with Crippen LogP contribution in [-0.2, 0) is 5.75 Å². The zero-order valence-electron chi connectivity index (χ0n) is 10.4. The Morgan fingerprint density at radius 2 is 2.20 bits per heavy atom. The molecule has 2 aromatic rings. The molecule has 3 N–H and O–H groups in total. The highest BCUT2D eigenvalue weighted by atomic mass is 79.9. The van der Waals surface area contributed by atoms with Crippen LogP contribution >= 0.6 is 50.8 Å². The van der Waals surface area contributed by atoms with E-state index in [2.05, 4.69) is 31.6 Å². The van der Waals surface area contributed by atoms with Gasteiger partial charge in [-0.15, -0.1) is 10.2 Å². The van der Waals surface area contributed by atoms with Gasteiger partial charge in [0.1, 0.15) is 0 Å². The molecular formula is C11H11BrN4OS3. The summed E-state index contributed by atoms with van der Waals surface area (Å²) in [5.74, 6) is 5.56. The summed E-state index contributed by atoms with van der Waals surface area (Å²) in [6.45, 7) is 0. The van der Waals surface area contributed by atoms with Crippen LogP contribution in [0.2, 0.25) is 0 Å². The number of benzene rings is 1. The average molecular weight is 391 g/mol. The van der Waals surface area contributed by atoms with Crippen molar-refractivity contribution in [2.24, 2.45) is 5.84 Å². The molecule has 9 heteroatoms. The number of hydrazine groups is 1. The minimum absolute atomic E-state index is 0.307. The number of nitrogens with zero attached hydrogens (tertiary/aromatic N) is 2. The first-order valence-electron chi connectivity index (χ1n) is 5.43. The van der Waals surface area contributed by atoms with E-state index in [-0.39, 0.29) is 5.91 Å². The lowest BCUT2D eigenvalue weighted by Gasteiger charge is -2.05. The summed E-state index contributed by atoms with van der Waals surface area (Å²) in [7, 11) is 0. The van der Waals surface area contributed by atoms with Crippen molar-refractivity contribution in [1.82, 2.24) is 15.6 Å². The molecule has 20 heavy (non-hydrogen) atoms. The number of hydrogen-bond acceptors (Lipinski definition) is 7. The summed E-state index contributed by atoms with van der Waals surface area (Å²) < 4.78 is 2.77. The first kappa shape index (κ1) is 15.8. The molecule has 0 bridgehead atoms. The summed E-state index contributed by atoms with van der Waals surface area (Å²) >= 11 is 8.25. The lowest BCUT2D eigenvalue weighted by atomic mass is 10.1. The van der Waals surface area contributed by atoms with Crippen LogP contribution in [0.1, 0.15) is 15.9 Å². The minimum Gasteiger partial charge on any atom is -0.290 e. The molecule has 0 aliphatic rings. The van der Waals surface area contributed by atoms with Crippen molar-refractivity contribution in [2.45, 2.75) is 14.4 Å². The number of rotatable bonds is 5. The SMILES string of the molecule is CSc1nnc(SCc2ccc(C(=O)NN)cc2Br)s1. The van der Waals surface area contributed by atoms with Crippen molar-refractivity contribution in [3.8, 4) is 0 Å². The fourth-order valence-corrected chi connectivity index (χ4v) is 4.51. The third-order valence-corrected chi connectivity index (χ3v) is 6.18. The van der Waals surface area contributed by atoms with Gasteiger partial charge in [-0.2, -0.15) is 0 Å². The molecule has 1 aromatic heterocycles. The maximum atomic E-state index is 11.4. The van der Waals surface area contributed by atoms with Crippen LogP contribution in [0.3, 0.4) is 0 Å². The van der Waals surface area contributed by atoms with Crippen molar-refractivity contribution in [3.05, 3.63) is 33.8 Å². The number of amides is 1. The molecule has 0 saturated carbocycles. The Kier molecular flexibility index (Phi) is 5.85. The van der Waals surface area contributed by atoms with E-state index >= 15 is 0 Å². The number of thioether (sulfide) groups is 2. The van der Waals surface area contributed by atoms with Crippen molar-refractivity contribution < 1.29 is 4.79 Å². The molecular weight excluding hydrogens is 380 g/mol. The fraction of sp³-hybridized carbons (Fsp3) is 0.182. The van der Waals surface area contributed by atoms with Crippen molar-refractivity contribution in [3.63, 3.8) is 0 Å². The monoisotopic (exact) mass is 390 g/mol. The predicted molar refractivity (Wildman–Crippen MR) is 87.0 cm³/mol. The zero-order valence-corrected chi connectivity index (χ0v) is 14.5. The lowest BCUT2D eigenvalue weighted by Crippen LogP contribution is -2.29. The lowest BCUT2D eigenvalue weighted by molar-refractivity contribution is 0.0953. The molecule has 0 saturated heterocycles. The summed E-state index contributed by atoms with van der Waals surface area (Å²) in [6, 6.07) is 5.40. The second kappa shape index (κ2) is 7.41. The second-order valence-electron chi connectivity index (χ2n) is 3.61. The van der Waals surface area contributed by atoms with Crippen LogP contribution in [-0.4, -0.2) is 22.4 Å². The molecule has 0 spiro atoms. The second-order valence-corrected chi connectivity index (χ2v) is 7.71. The molecule has 0 aliphatic heterocycles. The third kappa shape index (κ3) is 3.95. The molecule has 1 heterocycles. The molecule has 0 radical (unpaired) electrons. The van der Waals surface area contributed by atoms with E-state index in [1.54, 1.807) is 47.0 Å². The quantitative estimate of drug-likeness (QED) is 0.353. The van der Waals surface area contributed by atoms with Gasteiger partial charge in [-0.05, 0) is 24.0 Å². The number of hydrogen-bond donors (Lipinski definition) is 2. The van der Waals surface area contributed by atoms with Crippen LogP contribution in [0.25, 0.3) is 0 Å². The Labute approximate surface area is 137 Å². The molecule has 0 aliphatic carbocycles. The van der Waals surface area contributed by atoms with Gasteiger partial charge in [0.25, 0.3) is 5.91 Å². The van der Waals surface area contributed by atoms with Gasteiger partial charge in [0.2, 0.25) is 0 Å². The van der Waals surface area contributed by atoms with Gasteiger partial charge in [0.15, 0.2) is 8.68 Å². The molecule has 106 valence electrons. The molecule has 0 atom stereocenters. The number of nitrogens with one attached hydrogen (secondary N) is 1. The molecule has 0 fully saturated rings. The van der Waals surface area contributed by atoms with Gasteiger partial charge in [-0.25, -0.2) is 5.84 Å². The van der Waals surface area contributed by atoms with E-state index in [9.17, 15) is 4.79 Å². The van der Waals surface area contributed by atoms with Crippen LogP contribution in [0.5, 0.6) is 0 Å². The van der Waals surface area contributed by atoms with E-state index in [4.69, 9.17) is 5.84 Å². The van der Waals surface area contributed by atoms with Crippen molar-refractivity contribution in [2.75, 3.05) is 6.26 Å². The Morgan fingerprint density at radius 1 is 1.45 bits per heavy atom. The van der Waals surface area contributed by atoms with E-state index in [1.807, 2.05) is 12.3 Å². The average Bonchev–Trinajstić information content (AvgIpc) is 2.93. The maximum absolute atomic E-state index is 11.4. The molecule has 2 rings (SSSR count).